The molecule has 1 aromatic rings. The highest BCUT2D eigenvalue weighted by atomic mass is 19.2. The summed E-state index contributed by atoms with van der Waals surface area (Å²) in [4.78, 5) is 11.6. The van der Waals surface area contributed by atoms with Crippen LogP contribution in [-0.4, -0.2) is 23.3 Å². The number of aliphatic hydroxyl groups excluding tert-OH is 1. The highest BCUT2D eigenvalue weighted by molar-refractivity contribution is 5.89. The van der Waals surface area contributed by atoms with Crippen LogP contribution in [0.15, 0.2) is 18.2 Å². The molecule has 0 heterocycles. The van der Waals surface area contributed by atoms with Crippen LogP contribution in [0.25, 0.3) is 0 Å². The van der Waals surface area contributed by atoms with Gasteiger partial charge in [-0.2, -0.15) is 0 Å². The summed E-state index contributed by atoms with van der Waals surface area (Å²) in [6, 6.07) is 2.48. The van der Waals surface area contributed by atoms with Crippen LogP contribution in [0.2, 0.25) is 0 Å². The van der Waals surface area contributed by atoms with Gasteiger partial charge in [0.2, 0.25) is 0 Å². The summed E-state index contributed by atoms with van der Waals surface area (Å²) in [6.45, 7) is 3.28. The Kier molecular flexibility index (Phi) is 4.61. The average molecular weight is 258 g/mol. The molecule has 1 atom stereocenters. The van der Waals surface area contributed by atoms with Crippen LogP contribution in [0.3, 0.4) is 0 Å². The van der Waals surface area contributed by atoms with Crippen molar-refractivity contribution in [3.05, 3.63) is 29.8 Å². The predicted octanol–water partition coefficient (Wildman–Crippen LogP) is 2.25. The number of carbonyl (C=O) groups is 1. The third-order valence-electron chi connectivity index (χ3n) is 2.72. The zero-order chi connectivity index (χ0) is 13.8. The smallest absolute Gasteiger partial charge is 0.319 e. The van der Waals surface area contributed by atoms with Crippen molar-refractivity contribution < 1.29 is 18.7 Å². The molecule has 0 spiro atoms. The van der Waals surface area contributed by atoms with Gasteiger partial charge in [-0.3, -0.25) is 0 Å². The van der Waals surface area contributed by atoms with Gasteiger partial charge in [0.1, 0.15) is 0 Å². The van der Waals surface area contributed by atoms with Gasteiger partial charge in [-0.1, -0.05) is 6.92 Å². The number of halogens is 2. The number of urea groups is 1. The second-order valence-electron chi connectivity index (χ2n) is 4.28. The number of nitrogens with one attached hydrogen (secondary N) is 2. The number of anilines is 1. The predicted molar refractivity (Wildman–Crippen MR) is 64.3 cm³/mol. The van der Waals surface area contributed by atoms with E-state index in [4.69, 9.17) is 5.11 Å². The van der Waals surface area contributed by atoms with Crippen LogP contribution in [0.1, 0.15) is 20.3 Å². The van der Waals surface area contributed by atoms with E-state index in [2.05, 4.69) is 10.6 Å². The lowest BCUT2D eigenvalue weighted by molar-refractivity contribution is 0.172. The molecule has 2 amide bonds. The van der Waals surface area contributed by atoms with Crippen LogP contribution in [0.5, 0.6) is 0 Å². The normalized spacial score (nSPS) is 13.8. The monoisotopic (exact) mass is 258 g/mol. The van der Waals surface area contributed by atoms with Gasteiger partial charge in [0, 0.05) is 11.8 Å². The summed E-state index contributed by atoms with van der Waals surface area (Å²) in [7, 11) is 0. The van der Waals surface area contributed by atoms with Crippen molar-refractivity contribution in [2.75, 3.05) is 11.9 Å². The maximum Gasteiger partial charge on any atom is 0.319 e. The van der Waals surface area contributed by atoms with Gasteiger partial charge in [-0.15, -0.1) is 0 Å². The molecule has 1 unspecified atom stereocenters. The molecular weight excluding hydrogens is 242 g/mol. The summed E-state index contributed by atoms with van der Waals surface area (Å²) < 4.78 is 25.6. The molecule has 0 aliphatic carbocycles. The molecule has 1 aromatic carbocycles. The lowest BCUT2D eigenvalue weighted by atomic mass is 10.0. The quantitative estimate of drug-likeness (QED) is 0.775. The fourth-order valence-electron chi connectivity index (χ4n) is 1.25. The third-order valence-corrected chi connectivity index (χ3v) is 2.72. The topological polar surface area (TPSA) is 61.4 Å². The molecule has 0 aromatic heterocycles. The van der Waals surface area contributed by atoms with Crippen molar-refractivity contribution >= 4 is 11.7 Å². The molecular formula is C12H16F2N2O2. The Morgan fingerprint density at radius 2 is 2.06 bits per heavy atom. The van der Waals surface area contributed by atoms with Gasteiger partial charge < -0.3 is 15.7 Å². The van der Waals surface area contributed by atoms with Gasteiger partial charge in [-0.25, -0.2) is 13.6 Å². The molecule has 6 heteroatoms. The Morgan fingerprint density at radius 1 is 1.39 bits per heavy atom. The molecule has 100 valence electrons. The van der Waals surface area contributed by atoms with Crippen LogP contribution in [0.4, 0.5) is 19.3 Å². The first-order chi connectivity index (χ1) is 8.40. The minimum atomic E-state index is -1.03. The molecule has 0 aliphatic rings. The molecule has 0 saturated carbocycles. The van der Waals surface area contributed by atoms with Crippen LogP contribution >= 0.6 is 0 Å². The van der Waals surface area contributed by atoms with Gasteiger partial charge in [0.25, 0.3) is 0 Å². The van der Waals surface area contributed by atoms with E-state index in [0.29, 0.717) is 6.42 Å². The number of hydrogen-bond donors (Lipinski definition) is 3. The Balaban J connectivity index is 2.67. The van der Waals surface area contributed by atoms with Gasteiger partial charge in [0.15, 0.2) is 11.6 Å². The maximum absolute atomic E-state index is 12.9. The Labute approximate surface area is 104 Å². The summed E-state index contributed by atoms with van der Waals surface area (Å²) in [5, 5.41) is 14.1. The van der Waals surface area contributed by atoms with E-state index in [1.165, 1.54) is 6.07 Å². The number of aliphatic hydroxyl groups is 1. The van der Waals surface area contributed by atoms with Crippen molar-refractivity contribution in [1.29, 1.82) is 0 Å². The van der Waals surface area contributed by atoms with E-state index in [-0.39, 0.29) is 12.3 Å². The van der Waals surface area contributed by atoms with Gasteiger partial charge >= 0.3 is 6.03 Å². The largest absolute Gasteiger partial charge is 0.394 e. The van der Waals surface area contributed by atoms with Crippen molar-refractivity contribution in [2.24, 2.45) is 0 Å². The fourth-order valence-corrected chi connectivity index (χ4v) is 1.25. The van der Waals surface area contributed by atoms with E-state index in [0.717, 1.165) is 12.1 Å². The molecule has 18 heavy (non-hydrogen) atoms. The zero-order valence-electron chi connectivity index (χ0n) is 10.3. The summed E-state index contributed by atoms with van der Waals surface area (Å²) in [5.74, 6) is -2.01. The molecule has 0 radical (unpaired) electrons. The summed E-state index contributed by atoms with van der Waals surface area (Å²) in [6.07, 6.45) is 0.536. The molecule has 0 fully saturated rings. The van der Waals surface area contributed by atoms with E-state index >= 15 is 0 Å². The van der Waals surface area contributed by atoms with Crippen molar-refractivity contribution in [1.82, 2.24) is 5.32 Å². The summed E-state index contributed by atoms with van der Waals surface area (Å²) >= 11 is 0. The van der Waals surface area contributed by atoms with Gasteiger partial charge in [0.05, 0.1) is 12.1 Å². The zero-order valence-corrected chi connectivity index (χ0v) is 10.3. The SMILES string of the molecule is CCC(C)(CO)NC(=O)Nc1ccc(F)c(F)c1. The number of amides is 2. The Bertz CT molecular complexity index is 434. The van der Waals surface area contributed by atoms with E-state index in [9.17, 15) is 13.6 Å². The van der Waals surface area contributed by atoms with Crippen LogP contribution < -0.4 is 10.6 Å². The summed E-state index contributed by atoms with van der Waals surface area (Å²) in [5.41, 5.74) is -0.606. The van der Waals surface area contributed by atoms with E-state index in [1.54, 1.807) is 6.92 Å². The second-order valence-corrected chi connectivity index (χ2v) is 4.28. The van der Waals surface area contributed by atoms with Crippen LogP contribution in [0, 0.1) is 11.6 Å². The van der Waals surface area contributed by atoms with E-state index in [1.807, 2.05) is 6.92 Å². The highest BCUT2D eigenvalue weighted by Crippen LogP contribution is 2.14. The number of rotatable bonds is 4. The minimum absolute atomic E-state index is 0.141. The van der Waals surface area contributed by atoms with Crippen molar-refractivity contribution in [2.45, 2.75) is 25.8 Å². The van der Waals surface area contributed by atoms with Crippen LogP contribution in [-0.2, 0) is 0 Å². The van der Waals surface area contributed by atoms with Gasteiger partial charge in [-0.05, 0) is 25.5 Å². The average Bonchev–Trinajstić information content (AvgIpc) is 2.33. The minimum Gasteiger partial charge on any atom is -0.394 e. The first-order valence-electron chi connectivity index (χ1n) is 5.55. The maximum atomic E-state index is 12.9. The number of hydrogen-bond acceptors (Lipinski definition) is 2. The lowest BCUT2D eigenvalue weighted by Gasteiger charge is -2.27. The molecule has 1 rings (SSSR count). The Hall–Kier alpha value is -1.69. The molecule has 4 nitrogen and oxygen atoms in total. The first kappa shape index (κ1) is 14.4. The van der Waals surface area contributed by atoms with E-state index < -0.39 is 23.2 Å². The molecule has 0 bridgehead atoms. The van der Waals surface area contributed by atoms with Crippen molar-refractivity contribution in [3.63, 3.8) is 0 Å². The second kappa shape index (κ2) is 5.77. The fraction of sp³-hybridized carbons (Fsp3) is 0.417. The number of carbonyl (C=O) groups excluding carboxylic acids is 1. The number of benzene rings is 1. The van der Waals surface area contributed by atoms with Crippen molar-refractivity contribution in [3.8, 4) is 0 Å². The molecule has 3 N–H and O–H groups in total. The standard InChI is InChI=1S/C12H16F2N2O2/c1-3-12(2,7-17)16-11(18)15-8-4-5-9(13)10(14)6-8/h4-6,17H,3,7H2,1-2H3,(H2,15,16,18). The molecule has 0 saturated heterocycles. The first-order valence-corrected chi connectivity index (χ1v) is 5.55. The molecule has 0 aliphatic heterocycles. The highest BCUT2D eigenvalue weighted by Gasteiger charge is 2.23. The lowest BCUT2D eigenvalue weighted by Crippen LogP contribution is -2.50. The Morgan fingerprint density at radius 3 is 2.56 bits per heavy atom. The third kappa shape index (κ3) is 3.66.